The third-order valence-electron chi connectivity index (χ3n) is 12.8. The molecule has 0 saturated heterocycles. The maximum atomic E-state index is 2.39. The van der Waals surface area contributed by atoms with E-state index in [1.807, 2.05) is 0 Å². The molecule has 0 aliphatic heterocycles. The van der Waals surface area contributed by atoms with Gasteiger partial charge in [0.25, 0.3) is 0 Å². The Bertz CT molecular complexity index is 3600. The molecule has 0 atom stereocenters. The number of rotatable bonds is 8. The molecule has 1 aromatic heterocycles. The fraction of sp³-hybridized carbons (Fsp3) is 0. The zero-order chi connectivity index (χ0) is 42.4. The summed E-state index contributed by atoms with van der Waals surface area (Å²) in [5, 5.41) is 7.50. The molecule has 12 aromatic rings. The number of para-hydroxylation sites is 2. The van der Waals surface area contributed by atoms with Gasteiger partial charge in [-0.3, -0.25) is 0 Å². The van der Waals surface area contributed by atoms with Crippen LogP contribution in [0.4, 0.5) is 17.1 Å². The zero-order valence-corrected chi connectivity index (χ0v) is 35.1. The predicted octanol–water partition coefficient (Wildman–Crippen LogP) is 17.2. The first-order valence-electron chi connectivity index (χ1n) is 22.0. The molecular formula is C62H42N2. The summed E-state index contributed by atoms with van der Waals surface area (Å²) in [7, 11) is 0. The van der Waals surface area contributed by atoms with Crippen LogP contribution in [0.25, 0.3) is 93.5 Å². The molecule has 1 heterocycles. The molecular weight excluding hydrogens is 773 g/mol. The largest absolute Gasteiger partial charge is 0.310 e. The van der Waals surface area contributed by atoms with Crippen molar-refractivity contribution in [2.75, 3.05) is 4.90 Å². The highest BCUT2D eigenvalue weighted by Gasteiger charge is 2.17. The summed E-state index contributed by atoms with van der Waals surface area (Å²) in [6.45, 7) is 0. The maximum Gasteiger partial charge on any atom is 0.0541 e. The summed E-state index contributed by atoms with van der Waals surface area (Å²) < 4.78 is 2.39. The van der Waals surface area contributed by atoms with Gasteiger partial charge in [-0.1, -0.05) is 188 Å². The second-order valence-corrected chi connectivity index (χ2v) is 16.5. The first kappa shape index (κ1) is 37.3. The molecule has 0 saturated carbocycles. The lowest BCUT2D eigenvalue weighted by atomic mass is 9.91. The monoisotopic (exact) mass is 814 g/mol. The number of hydrogen-bond donors (Lipinski definition) is 0. The molecule has 0 N–H and O–H groups in total. The first-order valence-corrected chi connectivity index (χ1v) is 22.0. The van der Waals surface area contributed by atoms with E-state index in [9.17, 15) is 0 Å². The Labute approximate surface area is 373 Å². The average Bonchev–Trinajstić information content (AvgIpc) is 3.71. The van der Waals surface area contributed by atoms with Crippen molar-refractivity contribution < 1.29 is 0 Å². The summed E-state index contributed by atoms with van der Waals surface area (Å²) in [4.78, 5) is 2.38. The highest BCUT2D eigenvalue weighted by molar-refractivity contribution is 6.09. The van der Waals surface area contributed by atoms with Crippen molar-refractivity contribution in [3.63, 3.8) is 0 Å². The fourth-order valence-corrected chi connectivity index (χ4v) is 9.70. The van der Waals surface area contributed by atoms with Gasteiger partial charge in [0.1, 0.15) is 0 Å². The van der Waals surface area contributed by atoms with Gasteiger partial charge in [0.15, 0.2) is 0 Å². The van der Waals surface area contributed by atoms with Crippen LogP contribution in [0.1, 0.15) is 0 Å². The van der Waals surface area contributed by atoms with Crippen LogP contribution < -0.4 is 4.90 Å². The van der Waals surface area contributed by atoms with Crippen LogP contribution in [0.5, 0.6) is 0 Å². The van der Waals surface area contributed by atoms with E-state index in [-0.39, 0.29) is 0 Å². The van der Waals surface area contributed by atoms with Crippen LogP contribution >= 0.6 is 0 Å². The molecule has 11 aromatic carbocycles. The standard InChI is InChI=1S/C62H42N2/c1-2-15-46(16-3-1)56-26-12-18-47-19-13-27-57(62(47)56)51-21-11-22-54(42-51)63(53-38-34-45(35-39-53)50-31-30-43-14-4-5-17-48(43)40-50)52-36-32-44(33-37-52)49-20-10-23-55(41-49)64-60-28-8-6-24-58(60)59-25-7-9-29-61(59)64/h1-42H. The molecule has 12 rings (SSSR count). The first-order chi connectivity index (χ1) is 31.7. The predicted molar refractivity (Wildman–Crippen MR) is 272 cm³/mol. The number of hydrogen-bond acceptors (Lipinski definition) is 1. The second kappa shape index (κ2) is 15.8. The number of benzene rings is 11. The van der Waals surface area contributed by atoms with E-state index >= 15 is 0 Å². The molecule has 0 unspecified atom stereocenters. The molecule has 0 bridgehead atoms. The van der Waals surface area contributed by atoms with Crippen LogP contribution in [0, 0.1) is 0 Å². The van der Waals surface area contributed by atoms with E-state index in [0.29, 0.717) is 0 Å². The van der Waals surface area contributed by atoms with Crippen molar-refractivity contribution in [2.24, 2.45) is 0 Å². The number of anilines is 3. The number of aromatic nitrogens is 1. The van der Waals surface area contributed by atoms with Gasteiger partial charge in [-0.2, -0.15) is 0 Å². The summed E-state index contributed by atoms with van der Waals surface area (Å²) in [6.07, 6.45) is 0. The smallest absolute Gasteiger partial charge is 0.0541 e. The van der Waals surface area contributed by atoms with Gasteiger partial charge < -0.3 is 9.47 Å². The molecule has 0 aliphatic carbocycles. The molecule has 0 aliphatic rings. The third kappa shape index (κ3) is 6.61. The quantitative estimate of drug-likeness (QED) is 0.148. The van der Waals surface area contributed by atoms with Gasteiger partial charge in [-0.05, 0) is 133 Å². The van der Waals surface area contributed by atoms with Crippen molar-refractivity contribution in [2.45, 2.75) is 0 Å². The fourth-order valence-electron chi connectivity index (χ4n) is 9.70. The Balaban J connectivity index is 0.960. The lowest BCUT2D eigenvalue weighted by Crippen LogP contribution is -2.10. The molecule has 64 heavy (non-hydrogen) atoms. The molecule has 2 heteroatoms. The van der Waals surface area contributed by atoms with E-state index < -0.39 is 0 Å². The lowest BCUT2D eigenvalue weighted by molar-refractivity contribution is 1.18. The van der Waals surface area contributed by atoms with Crippen molar-refractivity contribution in [1.29, 1.82) is 0 Å². The Morgan fingerprint density at radius 1 is 0.266 bits per heavy atom. The van der Waals surface area contributed by atoms with Crippen LogP contribution in [-0.4, -0.2) is 4.57 Å². The van der Waals surface area contributed by atoms with Gasteiger partial charge in [-0.15, -0.1) is 0 Å². The van der Waals surface area contributed by atoms with Crippen LogP contribution in [-0.2, 0) is 0 Å². The Hall–Kier alpha value is -8.46. The summed E-state index contributed by atoms with van der Waals surface area (Å²) >= 11 is 0. The van der Waals surface area contributed by atoms with Gasteiger partial charge in [-0.25, -0.2) is 0 Å². The highest BCUT2D eigenvalue weighted by Crippen LogP contribution is 2.42. The molecule has 0 radical (unpaired) electrons. The normalized spacial score (nSPS) is 11.4. The average molecular weight is 815 g/mol. The minimum atomic E-state index is 1.08. The topological polar surface area (TPSA) is 8.17 Å². The van der Waals surface area contributed by atoms with Gasteiger partial charge >= 0.3 is 0 Å². The number of nitrogens with zero attached hydrogens (tertiary/aromatic N) is 2. The Morgan fingerprint density at radius 3 is 1.45 bits per heavy atom. The minimum absolute atomic E-state index is 1.08. The molecule has 0 fully saturated rings. The Morgan fingerprint density at radius 2 is 0.766 bits per heavy atom. The SMILES string of the molecule is c1ccc(-c2cccc3cccc(-c4cccc(N(c5ccc(-c6cccc(-n7c8ccccc8c8ccccc87)c6)cc5)c5ccc(-c6ccc7ccccc7c6)cc5)c4)c23)cc1. The molecule has 300 valence electrons. The third-order valence-corrected chi connectivity index (χ3v) is 12.8. The van der Waals surface area contributed by atoms with Gasteiger partial charge in [0.2, 0.25) is 0 Å². The number of fused-ring (bicyclic) bond motifs is 5. The van der Waals surface area contributed by atoms with Crippen molar-refractivity contribution in [1.82, 2.24) is 4.57 Å². The zero-order valence-electron chi connectivity index (χ0n) is 35.1. The van der Waals surface area contributed by atoms with E-state index in [2.05, 4.69) is 264 Å². The van der Waals surface area contributed by atoms with Crippen molar-refractivity contribution in [3.05, 3.63) is 255 Å². The molecule has 0 amide bonds. The van der Waals surface area contributed by atoms with Crippen molar-refractivity contribution >= 4 is 60.4 Å². The van der Waals surface area contributed by atoms with E-state index in [4.69, 9.17) is 0 Å². The maximum absolute atomic E-state index is 2.39. The van der Waals surface area contributed by atoms with Crippen molar-refractivity contribution in [3.8, 4) is 50.2 Å². The lowest BCUT2D eigenvalue weighted by Gasteiger charge is -2.27. The van der Waals surface area contributed by atoms with E-state index in [1.54, 1.807) is 0 Å². The van der Waals surface area contributed by atoms with Gasteiger partial charge in [0.05, 0.1) is 11.0 Å². The Kier molecular flexibility index (Phi) is 9.20. The van der Waals surface area contributed by atoms with Crippen LogP contribution in [0.3, 0.4) is 0 Å². The second-order valence-electron chi connectivity index (χ2n) is 16.5. The minimum Gasteiger partial charge on any atom is -0.310 e. The highest BCUT2D eigenvalue weighted by atomic mass is 15.1. The summed E-state index contributed by atoms with van der Waals surface area (Å²) in [5.41, 5.74) is 16.4. The molecule has 2 nitrogen and oxygen atoms in total. The van der Waals surface area contributed by atoms with Gasteiger partial charge in [0, 0.05) is 33.5 Å². The summed E-state index contributed by atoms with van der Waals surface area (Å²) in [5.74, 6) is 0. The molecule has 0 spiro atoms. The van der Waals surface area contributed by atoms with Crippen LogP contribution in [0.15, 0.2) is 255 Å². The van der Waals surface area contributed by atoms with E-state index in [1.165, 1.54) is 82.3 Å². The van der Waals surface area contributed by atoms with E-state index in [0.717, 1.165) is 28.3 Å². The summed E-state index contributed by atoms with van der Waals surface area (Å²) in [6, 6.07) is 92.7. The van der Waals surface area contributed by atoms with Crippen LogP contribution in [0.2, 0.25) is 0 Å².